The molecule has 5 nitrogen and oxygen atoms in total. The first-order valence-electron chi connectivity index (χ1n) is 12.9. The van der Waals surface area contributed by atoms with Crippen molar-refractivity contribution in [2.24, 2.45) is 17.8 Å². The molecule has 7 unspecified atom stereocenters. The van der Waals surface area contributed by atoms with E-state index in [0.29, 0.717) is 42.2 Å². The highest BCUT2D eigenvalue weighted by molar-refractivity contribution is 4.97. The van der Waals surface area contributed by atoms with Crippen LogP contribution in [0, 0.1) is 17.8 Å². The van der Waals surface area contributed by atoms with E-state index in [4.69, 9.17) is 9.47 Å². The first kappa shape index (κ1) is 23.0. The maximum atomic E-state index is 6.75. The van der Waals surface area contributed by atoms with Crippen LogP contribution in [0.2, 0.25) is 0 Å². The van der Waals surface area contributed by atoms with E-state index in [1.165, 1.54) is 77.7 Å². The molecule has 0 radical (unpaired) electrons. The third-order valence-corrected chi connectivity index (χ3v) is 8.88. The lowest BCUT2D eigenvalue weighted by Crippen LogP contribution is -2.56. The molecule has 4 rings (SSSR count). The zero-order valence-electron chi connectivity index (χ0n) is 20.0. The molecule has 0 aromatic heterocycles. The average molecular weight is 422 g/mol. The number of methoxy groups -OCH3 is 1. The monoisotopic (exact) mass is 421 g/mol. The van der Waals surface area contributed by atoms with Crippen LogP contribution < -0.4 is 5.32 Å². The molecule has 174 valence electrons. The molecule has 0 aromatic carbocycles. The molecular weight excluding hydrogens is 374 g/mol. The van der Waals surface area contributed by atoms with Crippen molar-refractivity contribution >= 4 is 0 Å². The van der Waals surface area contributed by atoms with Crippen molar-refractivity contribution in [3.05, 3.63) is 0 Å². The van der Waals surface area contributed by atoms with Crippen molar-refractivity contribution in [3.8, 4) is 0 Å². The number of nitrogens with zero attached hydrogens (tertiary/aromatic N) is 2. The standard InChI is InChI=1S/C25H47N3O2/c1-18(2)19(3)24-17-20-7-5-8-22(25(20)30-24)28-15-13-27(14-16-28)12-10-21-23(29-4)9-6-11-26-21/h18-26H,5-17H2,1-4H3. The Morgan fingerprint density at radius 3 is 2.57 bits per heavy atom. The van der Waals surface area contributed by atoms with E-state index in [2.05, 4.69) is 35.9 Å². The fourth-order valence-corrected chi connectivity index (χ4v) is 6.53. The summed E-state index contributed by atoms with van der Waals surface area (Å²) in [6, 6.07) is 1.20. The molecule has 3 aliphatic heterocycles. The Balaban J connectivity index is 1.24. The van der Waals surface area contributed by atoms with Crippen LogP contribution >= 0.6 is 0 Å². The summed E-state index contributed by atoms with van der Waals surface area (Å²) in [5, 5.41) is 3.69. The van der Waals surface area contributed by atoms with Crippen LogP contribution in [0.15, 0.2) is 0 Å². The number of fused-ring (bicyclic) bond motifs is 1. The summed E-state index contributed by atoms with van der Waals surface area (Å²) in [4.78, 5) is 5.46. The highest BCUT2D eigenvalue weighted by atomic mass is 16.5. The SMILES string of the molecule is COC1CCCNC1CCN1CCN(C2CCCC3CC(C(C)C(C)C)OC32)CC1. The highest BCUT2D eigenvalue weighted by Gasteiger charge is 2.46. The third-order valence-electron chi connectivity index (χ3n) is 8.88. The number of nitrogens with one attached hydrogen (secondary N) is 1. The summed E-state index contributed by atoms with van der Waals surface area (Å²) in [5.74, 6) is 2.20. The lowest BCUT2D eigenvalue weighted by molar-refractivity contribution is -0.0680. The molecule has 3 heterocycles. The third kappa shape index (κ3) is 5.23. The van der Waals surface area contributed by atoms with Gasteiger partial charge in [-0.05, 0) is 69.4 Å². The lowest BCUT2D eigenvalue weighted by atomic mass is 9.79. The average Bonchev–Trinajstić information content (AvgIpc) is 3.22. The van der Waals surface area contributed by atoms with Crippen LogP contribution in [-0.4, -0.2) is 86.6 Å². The Morgan fingerprint density at radius 1 is 1.03 bits per heavy atom. The van der Waals surface area contributed by atoms with Gasteiger partial charge in [0.2, 0.25) is 0 Å². The number of hydrogen-bond donors (Lipinski definition) is 1. The van der Waals surface area contributed by atoms with E-state index in [1.807, 2.05) is 7.11 Å². The fourth-order valence-electron chi connectivity index (χ4n) is 6.53. The molecule has 1 saturated carbocycles. The number of rotatable bonds is 7. The van der Waals surface area contributed by atoms with Crippen LogP contribution in [0.5, 0.6) is 0 Å². The van der Waals surface area contributed by atoms with Gasteiger partial charge in [0.05, 0.1) is 18.3 Å². The minimum atomic E-state index is 0.403. The van der Waals surface area contributed by atoms with Crippen LogP contribution in [0.1, 0.15) is 65.7 Å². The van der Waals surface area contributed by atoms with E-state index in [-0.39, 0.29) is 0 Å². The largest absolute Gasteiger partial charge is 0.380 e. The topological polar surface area (TPSA) is 37.0 Å². The van der Waals surface area contributed by atoms with Crippen molar-refractivity contribution in [1.82, 2.24) is 15.1 Å². The molecule has 4 fully saturated rings. The van der Waals surface area contributed by atoms with Crippen molar-refractivity contribution < 1.29 is 9.47 Å². The van der Waals surface area contributed by atoms with Crippen LogP contribution in [-0.2, 0) is 9.47 Å². The van der Waals surface area contributed by atoms with Crippen LogP contribution in [0.3, 0.4) is 0 Å². The van der Waals surface area contributed by atoms with Crippen molar-refractivity contribution in [1.29, 1.82) is 0 Å². The maximum absolute atomic E-state index is 6.75. The molecule has 1 aliphatic carbocycles. The molecule has 7 atom stereocenters. The predicted octanol–water partition coefficient (Wildman–Crippen LogP) is 3.38. The summed E-state index contributed by atoms with van der Waals surface area (Å²) in [6.07, 6.45) is 10.5. The van der Waals surface area contributed by atoms with Gasteiger partial charge in [-0.1, -0.05) is 27.2 Å². The van der Waals surface area contributed by atoms with Gasteiger partial charge in [-0.25, -0.2) is 0 Å². The van der Waals surface area contributed by atoms with Crippen molar-refractivity contribution in [2.45, 2.75) is 96.1 Å². The molecule has 0 amide bonds. The van der Waals surface area contributed by atoms with Gasteiger partial charge >= 0.3 is 0 Å². The lowest BCUT2D eigenvalue weighted by Gasteiger charge is -2.45. The molecule has 1 N–H and O–H groups in total. The van der Waals surface area contributed by atoms with Crippen LogP contribution in [0.4, 0.5) is 0 Å². The predicted molar refractivity (Wildman–Crippen MR) is 123 cm³/mol. The summed E-state index contributed by atoms with van der Waals surface area (Å²) < 4.78 is 12.5. The van der Waals surface area contributed by atoms with Crippen molar-refractivity contribution in [2.75, 3.05) is 46.4 Å². The van der Waals surface area contributed by atoms with Gasteiger partial charge in [-0.3, -0.25) is 4.90 Å². The van der Waals surface area contributed by atoms with E-state index in [1.54, 1.807) is 0 Å². The van der Waals surface area contributed by atoms with Gasteiger partial charge in [0.1, 0.15) is 0 Å². The Kier molecular flexibility index (Phi) is 8.13. The first-order valence-corrected chi connectivity index (χ1v) is 12.9. The Hall–Kier alpha value is -0.200. The summed E-state index contributed by atoms with van der Waals surface area (Å²) >= 11 is 0. The minimum Gasteiger partial charge on any atom is -0.380 e. The minimum absolute atomic E-state index is 0.403. The van der Waals surface area contributed by atoms with Gasteiger partial charge in [0.25, 0.3) is 0 Å². The molecule has 0 spiro atoms. The van der Waals surface area contributed by atoms with Crippen LogP contribution in [0.25, 0.3) is 0 Å². The highest BCUT2D eigenvalue weighted by Crippen LogP contribution is 2.42. The van der Waals surface area contributed by atoms with E-state index in [0.717, 1.165) is 12.5 Å². The molecule has 0 bridgehead atoms. The molecule has 3 saturated heterocycles. The summed E-state index contributed by atoms with van der Waals surface area (Å²) in [6.45, 7) is 14.3. The maximum Gasteiger partial charge on any atom is 0.0763 e. The summed E-state index contributed by atoms with van der Waals surface area (Å²) in [5.41, 5.74) is 0. The van der Waals surface area contributed by atoms with Gasteiger partial charge in [-0.2, -0.15) is 0 Å². The Labute approximate surface area is 185 Å². The second kappa shape index (κ2) is 10.6. The van der Waals surface area contributed by atoms with E-state index in [9.17, 15) is 0 Å². The van der Waals surface area contributed by atoms with Crippen molar-refractivity contribution in [3.63, 3.8) is 0 Å². The molecule has 4 aliphatic rings. The number of piperidine rings is 1. The number of piperazine rings is 1. The fraction of sp³-hybridized carbons (Fsp3) is 1.00. The van der Waals surface area contributed by atoms with Gasteiger partial charge in [0, 0.05) is 45.4 Å². The van der Waals surface area contributed by atoms with Gasteiger partial charge < -0.3 is 19.7 Å². The second-order valence-corrected chi connectivity index (χ2v) is 10.9. The molecule has 0 aromatic rings. The quantitative estimate of drug-likeness (QED) is 0.682. The number of hydrogen-bond acceptors (Lipinski definition) is 5. The normalized spacial score (nSPS) is 39.9. The molecule has 30 heavy (non-hydrogen) atoms. The van der Waals surface area contributed by atoms with Gasteiger partial charge in [-0.15, -0.1) is 0 Å². The van der Waals surface area contributed by atoms with Gasteiger partial charge in [0.15, 0.2) is 0 Å². The zero-order valence-corrected chi connectivity index (χ0v) is 20.0. The molecule has 5 heteroatoms. The van der Waals surface area contributed by atoms with E-state index >= 15 is 0 Å². The number of ether oxygens (including phenoxy) is 2. The smallest absolute Gasteiger partial charge is 0.0763 e. The zero-order chi connectivity index (χ0) is 21.1. The Bertz CT molecular complexity index is 523. The first-order chi connectivity index (χ1) is 14.6. The summed E-state index contributed by atoms with van der Waals surface area (Å²) in [7, 11) is 1.87. The Morgan fingerprint density at radius 2 is 1.83 bits per heavy atom. The molecular formula is C25H47N3O2. The van der Waals surface area contributed by atoms with E-state index < -0.39 is 0 Å². The second-order valence-electron chi connectivity index (χ2n) is 10.9.